The highest BCUT2D eigenvalue weighted by Crippen LogP contribution is 2.62. The molecule has 256 valence electrons. The highest BCUT2D eigenvalue weighted by atomic mass is 35.5. The van der Waals surface area contributed by atoms with E-state index < -0.39 is 18.4 Å². The van der Waals surface area contributed by atoms with Gasteiger partial charge in [-0.2, -0.15) is 0 Å². The first kappa shape index (κ1) is 42.7. The maximum atomic E-state index is 10.1. The van der Waals surface area contributed by atoms with Crippen molar-refractivity contribution in [2.75, 3.05) is 25.5 Å². The van der Waals surface area contributed by atoms with Gasteiger partial charge in [0, 0.05) is 35.2 Å². The fourth-order valence-electron chi connectivity index (χ4n) is 3.42. The van der Waals surface area contributed by atoms with Gasteiger partial charge in [-0.25, -0.2) is 0 Å². The zero-order valence-electron chi connectivity index (χ0n) is 26.3. The molecule has 0 aliphatic carbocycles. The fourth-order valence-corrected chi connectivity index (χ4v) is 12.1. The van der Waals surface area contributed by atoms with Crippen LogP contribution in [0.5, 0.6) is 11.5 Å². The first-order valence-electron chi connectivity index (χ1n) is 14.5. The molecule has 5 nitrogen and oxygen atoms in total. The maximum absolute atomic E-state index is 10.1. The Labute approximate surface area is 313 Å². The second-order valence-corrected chi connectivity index (χ2v) is 25.1. The molecule has 4 aromatic carbocycles. The molecule has 0 radical (unpaired) electrons. The van der Waals surface area contributed by atoms with Crippen molar-refractivity contribution in [3.8, 4) is 11.5 Å². The Morgan fingerprint density at radius 1 is 0.638 bits per heavy atom. The van der Waals surface area contributed by atoms with Crippen molar-refractivity contribution in [3.63, 3.8) is 0 Å². The molecule has 0 bridgehead atoms. The lowest BCUT2D eigenvalue weighted by molar-refractivity contribution is 0.332. The molecular weight excluding hydrogens is 792 g/mol. The van der Waals surface area contributed by atoms with Crippen LogP contribution in [0.2, 0.25) is 15.1 Å². The normalized spacial score (nSPS) is 14.5. The second-order valence-electron chi connectivity index (χ2n) is 9.14. The number of para-hydroxylation sites is 1. The molecule has 0 saturated heterocycles. The quantitative estimate of drug-likeness (QED) is 0.105. The Morgan fingerprint density at radius 3 is 1.66 bits per heavy atom. The summed E-state index contributed by atoms with van der Waals surface area (Å²) in [6, 6.07) is 31.6. The van der Waals surface area contributed by atoms with E-state index in [4.69, 9.17) is 88.3 Å². The molecule has 3 atom stereocenters. The molecular formula is C32H38Cl3O5P3S4. The van der Waals surface area contributed by atoms with Crippen molar-refractivity contribution in [3.05, 3.63) is 118 Å². The van der Waals surface area contributed by atoms with Crippen molar-refractivity contribution in [1.82, 2.24) is 0 Å². The summed E-state index contributed by atoms with van der Waals surface area (Å²) in [4.78, 5) is 11.4. The number of hydrogen-bond donors (Lipinski definition) is 1. The number of benzene rings is 4. The average molecular weight is 830 g/mol. The summed E-state index contributed by atoms with van der Waals surface area (Å²) in [5, 5.41) is 1.79. The largest absolute Gasteiger partial charge is 0.442 e. The molecule has 0 aliphatic rings. The standard InChI is InChI=1S/C12H11O2PS.C10H12Cl3O2PS.C10H15OPS2/c13-15(16,12-9-5-2-6-10-12)14-11-7-3-1-4-8-11;1-3-14-16(17,4-2)15-10-6-8(12)7(11)5-9(10)13;1-3-11-12(13,4-2)14-10-8-6-5-7-9-10/h1-10H,(H,13,16);5-6H,3-4H2,1-2H3;5-9H,3-4H2,1-2H3. The van der Waals surface area contributed by atoms with Gasteiger partial charge in [0.25, 0.3) is 6.49 Å². The van der Waals surface area contributed by atoms with E-state index in [-0.39, 0.29) is 0 Å². The molecule has 0 spiro atoms. The van der Waals surface area contributed by atoms with E-state index >= 15 is 0 Å². The second kappa shape index (κ2) is 21.7. The van der Waals surface area contributed by atoms with Crippen LogP contribution in [0.1, 0.15) is 27.7 Å². The van der Waals surface area contributed by atoms with Gasteiger partial charge >= 0.3 is 0 Å². The number of halogens is 3. The molecule has 3 unspecified atom stereocenters. The van der Waals surface area contributed by atoms with Crippen molar-refractivity contribution in [2.45, 2.75) is 32.6 Å². The van der Waals surface area contributed by atoms with Crippen LogP contribution in [0.4, 0.5) is 0 Å². The lowest BCUT2D eigenvalue weighted by Gasteiger charge is -2.21. The minimum Gasteiger partial charge on any atom is -0.442 e. The van der Waals surface area contributed by atoms with Gasteiger partial charge in [-0.1, -0.05) is 126 Å². The van der Waals surface area contributed by atoms with Gasteiger partial charge in [-0.3, -0.25) is 0 Å². The predicted molar refractivity (Wildman–Crippen MR) is 217 cm³/mol. The zero-order chi connectivity index (χ0) is 34.9. The summed E-state index contributed by atoms with van der Waals surface area (Å²) in [5.74, 6) is 1.01. The Morgan fingerprint density at radius 2 is 1.15 bits per heavy atom. The molecule has 4 aromatic rings. The molecule has 0 saturated carbocycles. The lowest BCUT2D eigenvalue weighted by Crippen LogP contribution is -2.07. The molecule has 1 N–H and O–H groups in total. The van der Waals surface area contributed by atoms with E-state index in [1.54, 1.807) is 41.7 Å². The van der Waals surface area contributed by atoms with Gasteiger partial charge in [0.15, 0.2) is 0 Å². The highest BCUT2D eigenvalue weighted by molar-refractivity contribution is 8.69. The Bertz CT molecular complexity index is 1660. The highest BCUT2D eigenvalue weighted by Gasteiger charge is 2.20. The molecule has 0 aromatic heterocycles. The third-order valence-electron chi connectivity index (χ3n) is 5.68. The van der Waals surface area contributed by atoms with Crippen LogP contribution in [0.15, 0.2) is 108 Å². The van der Waals surface area contributed by atoms with E-state index in [1.165, 1.54) is 11.0 Å². The minimum atomic E-state index is -2.93. The zero-order valence-corrected chi connectivity index (χ0v) is 34.5. The third-order valence-corrected chi connectivity index (χ3v) is 18.7. The van der Waals surface area contributed by atoms with E-state index in [9.17, 15) is 4.89 Å². The minimum absolute atomic E-state index is 0.375. The first-order valence-corrected chi connectivity index (χ1v) is 25.4. The molecule has 47 heavy (non-hydrogen) atoms. The molecule has 4 rings (SSSR count). The van der Waals surface area contributed by atoms with Gasteiger partial charge in [-0.05, 0) is 79.9 Å². The van der Waals surface area contributed by atoms with E-state index in [2.05, 4.69) is 19.1 Å². The summed E-state index contributed by atoms with van der Waals surface area (Å²) in [6.07, 6.45) is 1.56. The number of hydrogen-bond acceptors (Lipinski definition) is 8. The lowest BCUT2D eigenvalue weighted by atomic mass is 10.3. The van der Waals surface area contributed by atoms with Crippen LogP contribution in [-0.2, 0) is 44.5 Å². The summed E-state index contributed by atoms with van der Waals surface area (Å²) < 4.78 is 22.3. The smallest absolute Gasteiger partial charge is 0.266 e. The average Bonchev–Trinajstić information content (AvgIpc) is 3.06. The van der Waals surface area contributed by atoms with Crippen LogP contribution < -0.4 is 14.4 Å². The fraction of sp³-hybridized carbons (Fsp3) is 0.250. The molecule has 0 heterocycles. The van der Waals surface area contributed by atoms with Crippen molar-refractivity contribution < 1.29 is 23.0 Å². The third kappa shape index (κ3) is 15.5. The van der Waals surface area contributed by atoms with Crippen LogP contribution >= 0.6 is 64.6 Å². The van der Waals surface area contributed by atoms with Gasteiger partial charge in [0.05, 0.1) is 21.7 Å². The Hall–Kier alpha value is -0.470. The summed E-state index contributed by atoms with van der Waals surface area (Å²) in [6.45, 7) is 3.84. The Balaban J connectivity index is 0.000000246. The first-order chi connectivity index (χ1) is 22.3. The van der Waals surface area contributed by atoms with Gasteiger partial charge in [0.2, 0.25) is 6.49 Å². The maximum Gasteiger partial charge on any atom is 0.266 e. The Kier molecular flexibility index (Phi) is 19.7. The predicted octanol–water partition coefficient (Wildman–Crippen LogP) is 12.2. The molecule has 0 amide bonds. The van der Waals surface area contributed by atoms with Crippen molar-refractivity contribution in [2.24, 2.45) is 0 Å². The van der Waals surface area contributed by atoms with Gasteiger partial charge in [-0.15, -0.1) is 0 Å². The van der Waals surface area contributed by atoms with Crippen LogP contribution in [-0.4, -0.2) is 30.4 Å². The van der Waals surface area contributed by atoms with Crippen LogP contribution in [0.25, 0.3) is 0 Å². The molecule has 0 fully saturated rings. The summed E-state index contributed by atoms with van der Waals surface area (Å²) in [7, 11) is 0. The number of rotatable bonds is 13. The van der Waals surface area contributed by atoms with Gasteiger partial charge < -0.3 is 23.0 Å². The van der Waals surface area contributed by atoms with Crippen LogP contribution in [0, 0.1) is 0 Å². The monoisotopic (exact) mass is 828 g/mol. The van der Waals surface area contributed by atoms with E-state index in [1.807, 2.05) is 75.4 Å². The molecule has 15 heteroatoms. The van der Waals surface area contributed by atoms with Crippen molar-refractivity contribution in [1.29, 1.82) is 0 Å². The van der Waals surface area contributed by atoms with Crippen LogP contribution in [0.3, 0.4) is 0 Å². The topological polar surface area (TPSA) is 57.2 Å². The van der Waals surface area contributed by atoms with Gasteiger partial charge in [0.1, 0.15) is 17.0 Å². The van der Waals surface area contributed by atoms with E-state index in [0.29, 0.717) is 51.2 Å². The molecule has 0 aliphatic heterocycles. The van der Waals surface area contributed by atoms with Crippen molar-refractivity contribution >= 4 is 105 Å². The summed E-state index contributed by atoms with van der Waals surface area (Å²) in [5.41, 5.74) is -1.67. The van der Waals surface area contributed by atoms with E-state index in [0.717, 1.165) is 6.16 Å². The SMILES string of the molecule is CCOP(=S)(CC)Oc1cc(Cl)c(Cl)cc1Cl.CCOP(=S)(CC)Sc1ccccc1.OP(=S)(Oc1ccccc1)c1ccccc1. The summed E-state index contributed by atoms with van der Waals surface area (Å²) >= 11 is 35.5.